The van der Waals surface area contributed by atoms with Crippen LogP contribution in [0.3, 0.4) is 0 Å². The number of hydrogen-bond donors (Lipinski definition) is 0. The summed E-state index contributed by atoms with van der Waals surface area (Å²) in [4.78, 5) is 0. The van der Waals surface area contributed by atoms with Crippen LogP contribution < -0.4 is 4.74 Å². The summed E-state index contributed by atoms with van der Waals surface area (Å²) in [7, 11) is 0. The van der Waals surface area contributed by atoms with Crippen LogP contribution in [0, 0.1) is 0 Å². The first-order valence-corrected chi connectivity index (χ1v) is 5.43. The second-order valence-electron chi connectivity index (χ2n) is 2.48. The standard InChI is InChI=1S/C8H5Br2F3O/c9-4-5-1-6(10)3-7(2-5)14-8(11,12)13/h1-3H,4H2. The van der Waals surface area contributed by atoms with Gasteiger partial charge in [-0.15, -0.1) is 13.2 Å². The summed E-state index contributed by atoms with van der Waals surface area (Å²) in [5.41, 5.74) is 0.707. The molecule has 0 radical (unpaired) electrons. The molecule has 0 spiro atoms. The molecule has 1 rings (SSSR count). The van der Waals surface area contributed by atoms with Gasteiger partial charge < -0.3 is 4.74 Å². The molecule has 0 heterocycles. The SMILES string of the molecule is FC(F)(F)Oc1cc(Br)cc(CBr)c1. The minimum absolute atomic E-state index is 0.221. The topological polar surface area (TPSA) is 9.23 Å². The number of ether oxygens (including phenoxy) is 1. The van der Waals surface area contributed by atoms with E-state index in [1.807, 2.05) is 0 Å². The normalized spacial score (nSPS) is 11.5. The lowest BCUT2D eigenvalue weighted by Crippen LogP contribution is -2.17. The first kappa shape index (κ1) is 11.8. The molecule has 6 heteroatoms. The van der Waals surface area contributed by atoms with Crippen molar-refractivity contribution < 1.29 is 17.9 Å². The van der Waals surface area contributed by atoms with Gasteiger partial charge in [0.25, 0.3) is 0 Å². The first-order chi connectivity index (χ1) is 6.40. The Balaban J connectivity index is 2.92. The molecule has 0 atom stereocenters. The zero-order valence-corrected chi connectivity index (χ0v) is 9.91. The van der Waals surface area contributed by atoms with E-state index >= 15 is 0 Å². The van der Waals surface area contributed by atoms with Crippen molar-refractivity contribution in [3.8, 4) is 5.75 Å². The van der Waals surface area contributed by atoms with Crippen molar-refractivity contribution in [1.82, 2.24) is 0 Å². The monoisotopic (exact) mass is 332 g/mol. The van der Waals surface area contributed by atoms with Gasteiger partial charge in [0.05, 0.1) is 0 Å². The molecule has 78 valence electrons. The van der Waals surface area contributed by atoms with E-state index in [2.05, 4.69) is 36.6 Å². The van der Waals surface area contributed by atoms with Gasteiger partial charge in [-0.3, -0.25) is 0 Å². The molecule has 1 aromatic rings. The van der Waals surface area contributed by atoms with Crippen LogP contribution in [0.15, 0.2) is 22.7 Å². The summed E-state index contributed by atoms with van der Waals surface area (Å²) in [6, 6.07) is 4.30. The van der Waals surface area contributed by atoms with E-state index in [4.69, 9.17) is 0 Å². The van der Waals surface area contributed by atoms with Gasteiger partial charge in [-0.05, 0) is 23.8 Å². The van der Waals surface area contributed by atoms with Gasteiger partial charge in [-0.25, -0.2) is 0 Å². The Kier molecular flexibility index (Phi) is 3.83. The summed E-state index contributed by atoms with van der Waals surface area (Å²) in [5, 5.41) is 0.473. The third kappa shape index (κ3) is 3.88. The Morgan fingerprint density at radius 3 is 2.36 bits per heavy atom. The highest BCUT2D eigenvalue weighted by atomic mass is 79.9. The van der Waals surface area contributed by atoms with E-state index in [1.54, 1.807) is 6.07 Å². The molecule has 0 saturated carbocycles. The lowest BCUT2D eigenvalue weighted by Gasteiger charge is -2.10. The average Bonchev–Trinajstić information content (AvgIpc) is 1.99. The fraction of sp³-hybridized carbons (Fsp3) is 0.250. The average molecular weight is 334 g/mol. The summed E-state index contributed by atoms with van der Waals surface area (Å²) in [6.07, 6.45) is -4.65. The Hall–Kier alpha value is -0.230. The van der Waals surface area contributed by atoms with Gasteiger partial charge in [-0.2, -0.15) is 0 Å². The third-order valence-electron chi connectivity index (χ3n) is 1.32. The van der Waals surface area contributed by atoms with E-state index in [-0.39, 0.29) is 5.75 Å². The van der Waals surface area contributed by atoms with Crippen LogP contribution >= 0.6 is 31.9 Å². The van der Waals surface area contributed by atoms with Crippen LogP contribution in [-0.2, 0) is 5.33 Å². The largest absolute Gasteiger partial charge is 0.573 e. The summed E-state index contributed by atoms with van der Waals surface area (Å²) < 4.78 is 39.9. The molecule has 0 saturated heterocycles. The van der Waals surface area contributed by atoms with Crippen LogP contribution in [0.25, 0.3) is 0 Å². The molecule has 1 aromatic carbocycles. The predicted molar refractivity (Wildman–Crippen MR) is 53.5 cm³/mol. The minimum atomic E-state index is -4.65. The maximum absolute atomic E-state index is 11.9. The third-order valence-corrected chi connectivity index (χ3v) is 2.42. The smallest absolute Gasteiger partial charge is 0.406 e. The number of hydrogen-bond acceptors (Lipinski definition) is 1. The van der Waals surface area contributed by atoms with Crippen molar-refractivity contribution in [2.45, 2.75) is 11.7 Å². The van der Waals surface area contributed by atoms with Crippen LogP contribution in [0.4, 0.5) is 13.2 Å². The van der Waals surface area contributed by atoms with Gasteiger partial charge >= 0.3 is 6.36 Å². The maximum atomic E-state index is 11.9. The Bertz CT molecular complexity index is 325. The molecule has 0 aliphatic rings. The molecule has 0 fully saturated rings. The molecule has 14 heavy (non-hydrogen) atoms. The highest BCUT2D eigenvalue weighted by Gasteiger charge is 2.31. The van der Waals surface area contributed by atoms with E-state index in [1.165, 1.54) is 12.1 Å². The Morgan fingerprint density at radius 2 is 1.86 bits per heavy atom. The van der Waals surface area contributed by atoms with E-state index < -0.39 is 6.36 Å². The maximum Gasteiger partial charge on any atom is 0.573 e. The molecule has 0 amide bonds. The highest BCUT2D eigenvalue weighted by Crippen LogP contribution is 2.27. The van der Waals surface area contributed by atoms with Crippen LogP contribution in [-0.4, -0.2) is 6.36 Å². The van der Waals surface area contributed by atoms with Crippen LogP contribution in [0.1, 0.15) is 5.56 Å². The van der Waals surface area contributed by atoms with Gasteiger partial charge in [-0.1, -0.05) is 31.9 Å². The van der Waals surface area contributed by atoms with Crippen LogP contribution in [0.5, 0.6) is 5.75 Å². The molecule has 0 aliphatic heterocycles. The second-order valence-corrected chi connectivity index (χ2v) is 3.95. The molecule has 0 aliphatic carbocycles. The van der Waals surface area contributed by atoms with Crippen molar-refractivity contribution in [3.05, 3.63) is 28.2 Å². The van der Waals surface area contributed by atoms with E-state index in [0.29, 0.717) is 15.4 Å². The fourth-order valence-corrected chi connectivity index (χ4v) is 1.73. The zero-order chi connectivity index (χ0) is 10.8. The van der Waals surface area contributed by atoms with Crippen molar-refractivity contribution in [2.75, 3.05) is 0 Å². The van der Waals surface area contributed by atoms with Crippen LogP contribution in [0.2, 0.25) is 0 Å². The molecular weight excluding hydrogens is 329 g/mol. The van der Waals surface area contributed by atoms with Crippen molar-refractivity contribution in [2.24, 2.45) is 0 Å². The minimum Gasteiger partial charge on any atom is -0.406 e. The molecule has 1 nitrogen and oxygen atoms in total. The van der Waals surface area contributed by atoms with Gasteiger partial charge in [0.2, 0.25) is 0 Å². The van der Waals surface area contributed by atoms with E-state index in [9.17, 15) is 13.2 Å². The quantitative estimate of drug-likeness (QED) is 0.735. The highest BCUT2D eigenvalue weighted by molar-refractivity contribution is 9.10. The fourth-order valence-electron chi connectivity index (χ4n) is 0.890. The van der Waals surface area contributed by atoms with Gasteiger partial charge in [0, 0.05) is 9.80 Å². The molecular formula is C8H5Br2F3O. The number of alkyl halides is 4. The molecule has 0 N–H and O–H groups in total. The van der Waals surface area contributed by atoms with Gasteiger partial charge in [0.15, 0.2) is 0 Å². The number of rotatable bonds is 2. The lowest BCUT2D eigenvalue weighted by molar-refractivity contribution is -0.274. The predicted octanol–water partition coefficient (Wildman–Crippen LogP) is 4.24. The van der Waals surface area contributed by atoms with Crippen molar-refractivity contribution in [1.29, 1.82) is 0 Å². The molecule has 0 unspecified atom stereocenters. The van der Waals surface area contributed by atoms with Crippen molar-refractivity contribution >= 4 is 31.9 Å². The molecule has 0 aromatic heterocycles. The number of halogens is 5. The Morgan fingerprint density at radius 1 is 1.21 bits per heavy atom. The summed E-state index contributed by atoms with van der Waals surface area (Å²) in [6.45, 7) is 0. The lowest BCUT2D eigenvalue weighted by atomic mass is 10.2. The van der Waals surface area contributed by atoms with Gasteiger partial charge in [0.1, 0.15) is 5.75 Å². The zero-order valence-electron chi connectivity index (χ0n) is 6.74. The number of benzene rings is 1. The Labute approximate surface area is 95.5 Å². The first-order valence-electron chi connectivity index (χ1n) is 3.52. The molecule has 0 bridgehead atoms. The van der Waals surface area contributed by atoms with E-state index in [0.717, 1.165) is 0 Å². The summed E-state index contributed by atoms with van der Waals surface area (Å²) >= 11 is 6.24. The van der Waals surface area contributed by atoms with Crippen molar-refractivity contribution in [3.63, 3.8) is 0 Å². The summed E-state index contributed by atoms with van der Waals surface area (Å²) in [5.74, 6) is -0.221. The second kappa shape index (κ2) is 4.53.